The van der Waals surface area contributed by atoms with Gasteiger partial charge in [0.1, 0.15) is 6.61 Å². The summed E-state index contributed by atoms with van der Waals surface area (Å²) in [6.45, 7) is 0.527. The molecule has 0 saturated carbocycles. The second-order valence-electron chi connectivity index (χ2n) is 4.23. The van der Waals surface area contributed by atoms with Gasteiger partial charge in [-0.2, -0.15) is 0 Å². The zero-order chi connectivity index (χ0) is 13.1. The molecule has 0 saturated heterocycles. The standard InChI is InChI=1S/C16H12BrNO/c17-15-8-4-7-14-13(15)9-10-18-16(14)19-11-12-5-2-1-3-6-12/h1-10H,11H2. The number of hydrogen-bond acceptors (Lipinski definition) is 2. The highest BCUT2D eigenvalue weighted by Gasteiger charge is 2.05. The number of ether oxygens (including phenoxy) is 1. The van der Waals surface area contributed by atoms with Crippen LogP contribution >= 0.6 is 15.9 Å². The zero-order valence-electron chi connectivity index (χ0n) is 10.2. The van der Waals surface area contributed by atoms with Crippen molar-refractivity contribution >= 4 is 26.7 Å². The van der Waals surface area contributed by atoms with Gasteiger partial charge in [-0.25, -0.2) is 4.98 Å². The van der Waals surface area contributed by atoms with Crippen molar-refractivity contribution in [3.05, 3.63) is 70.8 Å². The summed E-state index contributed by atoms with van der Waals surface area (Å²) in [5, 5.41) is 2.13. The van der Waals surface area contributed by atoms with Gasteiger partial charge in [0.25, 0.3) is 0 Å². The van der Waals surface area contributed by atoms with E-state index in [-0.39, 0.29) is 0 Å². The molecule has 2 aromatic carbocycles. The van der Waals surface area contributed by atoms with Crippen LogP contribution in [0.15, 0.2) is 65.3 Å². The maximum Gasteiger partial charge on any atom is 0.221 e. The van der Waals surface area contributed by atoms with E-state index in [2.05, 4.69) is 20.9 Å². The van der Waals surface area contributed by atoms with Crippen LogP contribution in [0.2, 0.25) is 0 Å². The highest BCUT2D eigenvalue weighted by Crippen LogP contribution is 2.29. The molecule has 0 fully saturated rings. The van der Waals surface area contributed by atoms with Crippen LogP contribution in [0.5, 0.6) is 5.88 Å². The van der Waals surface area contributed by atoms with Crippen LogP contribution in [0.1, 0.15) is 5.56 Å². The highest BCUT2D eigenvalue weighted by atomic mass is 79.9. The quantitative estimate of drug-likeness (QED) is 0.706. The van der Waals surface area contributed by atoms with Gasteiger partial charge in [0.2, 0.25) is 5.88 Å². The van der Waals surface area contributed by atoms with Gasteiger partial charge in [-0.05, 0) is 23.8 Å². The van der Waals surface area contributed by atoms with Gasteiger partial charge in [-0.15, -0.1) is 0 Å². The topological polar surface area (TPSA) is 22.1 Å². The van der Waals surface area contributed by atoms with Gasteiger partial charge >= 0.3 is 0 Å². The minimum atomic E-state index is 0.527. The van der Waals surface area contributed by atoms with Crippen molar-refractivity contribution in [1.82, 2.24) is 4.98 Å². The second-order valence-corrected chi connectivity index (χ2v) is 5.08. The van der Waals surface area contributed by atoms with E-state index in [0.29, 0.717) is 12.5 Å². The minimum Gasteiger partial charge on any atom is -0.472 e. The molecular formula is C16H12BrNO. The van der Waals surface area contributed by atoms with Crippen molar-refractivity contribution in [3.8, 4) is 5.88 Å². The molecule has 1 heterocycles. The number of benzene rings is 2. The summed E-state index contributed by atoms with van der Waals surface area (Å²) in [6.07, 6.45) is 1.77. The van der Waals surface area contributed by atoms with E-state index < -0.39 is 0 Å². The molecule has 0 aliphatic heterocycles. The average Bonchev–Trinajstić information content (AvgIpc) is 2.47. The lowest BCUT2D eigenvalue weighted by molar-refractivity contribution is 0.298. The van der Waals surface area contributed by atoms with Gasteiger partial charge in [0.15, 0.2) is 0 Å². The van der Waals surface area contributed by atoms with Crippen molar-refractivity contribution < 1.29 is 4.74 Å². The molecule has 2 nitrogen and oxygen atoms in total. The number of nitrogens with zero attached hydrogens (tertiary/aromatic N) is 1. The first kappa shape index (κ1) is 12.2. The molecule has 3 rings (SSSR count). The molecule has 0 aliphatic carbocycles. The van der Waals surface area contributed by atoms with Crippen molar-refractivity contribution in [2.24, 2.45) is 0 Å². The summed E-state index contributed by atoms with van der Waals surface area (Å²) in [5.74, 6) is 0.669. The number of aromatic nitrogens is 1. The number of pyridine rings is 1. The summed E-state index contributed by atoms with van der Waals surface area (Å²) in [4.78, 5) is 4.32. The Morgan fingerprint density at radius 3 is 2.58 bits per heavy atom. The third-order valence-corrected chi connectivity index (χ3v) is 3.63. The molecule has 19 heavy (non-hydrogen) atoms. The lowest BCUT2D eigenvalue weighted by Gasteiger charge is -2.08. The predicted molar refractivity (Wildman–Crippen MR) is 80.2 cm³/mol. The number of fused-ring (bicyclic) bond motifs is 1. The Labute approximate surface area is 120 Å². The largest absolute Gasteiger partial charge is 0.472 e. The van der Waals surface area contributed by atoms with Gasteiger partial charge in [0.05, 0.1) is 0 Å². The van der Waals surface area contributed by atoms with E-state index in [1.54, 1.807) is 6.20 Å². The smallest absolute Gasteiger partial charge is 0.221 e. The zero-order valence-corrected chi connectivity index (χ0v) is 11.8. The summed E-state index contributed by atoms with van der Waals surface area (Å²) < 4.78 is 6.88. The van der Waals surface area contributed by atoms with Gasteiger partial charge < -0.3 is 4.74 Å². The molecule has 3 heteroatoms. The summed E-state index contributed by atoms with van der Waals surface area (Å²) in [5.41, 5.74) is 1.14. The fourth-order valence-electron chi connectivity index (χ4n) is 1.98. The van der Waals surface area contributed by atoms with Crippen LogP contribution in [0.3, 0.4) is 0 Å². The monoisotopic (exact) mass is 313 g/mol. The predicted octanol–water partition coefficient (Wildman–Crippen LogP) is 4.58. The highest BCUT2D eigenvalue weighted by molar-refractivity contribution is 9.10. The first-order valence-electron chi connectivity index (χ1n) is 6.04. The van der Waals surface area contributed by atoms with E-state index in [9.17, 15) is 0 Å². The third-order valence-electron chi connectivity index (χ3n) is 2.93. The molecule has 0 bridgehead atoms. The lowest BCUT2D eigenvalue weighted by Crippen LogP contribution is -1.97. The van der Waals surface area contributed by atoms with Gasteiger partial charge in [0, 0.05) is 21.4 Å². The molecular weight excluding hydrogens is 302 g/mol. The normalized spacial score (nSPS) is 10.6. The Balaban J connectivity index is 1.91. The maximum atomic E-state index is 5.83. The van der Waals surface area contributed by atoms with Gasteiger partial charge in [-0.1, -0.05) is 52.3 Å². The summed E-state index contributed by atoms with van der Waals surface area (Å²) in [6, 6.07) is 18.1. The Bertz CT molecular complexity index is 697. The third kappa shape index (κ3) is 2.61. The molecule has 0 amide bonds. The lowest BCUT2D eigenvalue weighted by atomic mass is 10.2. The minimum absolute atomic E-state index is 0.527. The van der Waals surface area contributed by atoms with Gasteiger partial charge in [-0.3, -0.25) is 0 Å². The fourth-order valence-corrected chi connectivity index (χ4v) is 2.48. The van der Waals surface area contributed by atoms with Crippen LogP contribution < -0.4 is 4.74 Å². The number of hydrogen-bond donors (Lipinski definition) is 0. The molecule has 0 radical (unpaired) electrons. The first-order chi connectivity index (χ1) is 9.34. The molecule has 0 N–H and O–H groups in total. The number of halogens is 1. The maximum absolute atomic E-state index is 5.83. The molecule has 0 unspecified atom stereocenters. The Hall–Kier alpha value is -1.87. The fraction of sp³-hybridized carbons (Fsp3) is 0.0625. The van der Waals surface area contributed by atoms with Crippen LogP contribution in [-0.2, 0) is 6.61 Å². The van der Waals surface area contributed by atoms with E-state index in [0.717, 1.165) is 20.8 Å². The molecule has 0 aliphatic rings. The van der Waals surface area contributed by atoms with Crippen LogP contribution in [-0.4, -0.2) is 4.98 Å². The van der Waals surface area contributed by atoms with Crippen molar-refractivity contribution in [3.63, 3.8) is 0 Å². The Morgan fingerprint density at radius 2 is 1.74 bits per heavy atom. The van der Waals surface area contributed by atoms with Crippen molar-refractivity contribution in [1.29, 1.82) is 0 Å². The van der Waals surface area contributed by atoms with Crippen molar-refractivity contribution in [2.45, 2.75) is 6.61 Å². The van der Waals surface area contributed by atoms with E-state index in [4.69, 9.17) is 4.74 Å². The molecule has 1 aromatic heterocycles. The molecule has 0 atom stereocenters. The Morgan fingerprint density at radius 1 is 0.895 bits per heavy atom. The van der Waals surface area contributed by atoms with E-state index in [1.807, 2.05) is 54.6 Å². The molecule has 0 spiro atoms. The summed E-state index contributed by atoms with van der Waals surface area (Å²) in [7, 11) is 0. The second kappa shape index (κ2) is 5.41. The van der Waals surface area contributed by atoms with E-state index in [1.165, 1.54) is 0 Å². The molecule has 94 valence electrons. The summed E-state index contributed by atoms with van der Waals surface area (Å²) >= 11 is 3.54. The first-order valence-corrected chi connectivity index (χ1v) is 6.84. The molecule has 3 aromatic rings. The van der Waals surface area contributed by atoms with E-state index >= 15 is 0 Å². The number of rotatable bonds is 3. The van der Waals surface area contributed by atoms with Crippen LogP contribution in [0.4, 0.5) is 0 Å². The van der Waals surface area contributed by atoms with Crippen LogP contribution in [0, 0.1) is 0 Å². The van der Waals surface area contributed by atoms with Crippen LogP contribution in [0.25, 0.3) is 10.8 Å². The van der Waals surface area contributed by atoms with Crippen molar-refractivity contribution in [2.75, 3.05) is 0 Å². The SMILES string of the molecule is Brc1cccc2c(OCc3ccccc3)nccc12. The Kier molecular flexibility index (Phi) is 3.47. The average molecular weight is 314 g/mol.